The van der Waals surface area contributed by atoms with Crippen LogP contribution in [0.1, 0.15) is 19.3 Å². The number of nitrogens with two attached hydrogens (primary N) is 1. The number of para-hydroxylation sites is 1. The van der Waals surface area contributed by atoms with Crippen LogP contribution >= 0.6 is 0 Å². The number of carboxylic acid groups (broad SMARTS) is 1. The molecule has 0 saturated carbocycles. The van der Waals surface area contributed by atoms with E-state index in [1.54, 1.807) is 18.2 Å². The van der Waals surface area contributed by atoms with Crippen molar-refractivity contribution >= 4 is 21.7 Å². The molecule has 7 heteroatoms. The molecule has 1 aromatic carbocycles. The van der Waals surface area contributed by atoms with E-state index in [9.17, 15) is 13.2 Å². The maximum absolute atomic E-state index is 11.6. The maximum Gasteiger partial charge on any atom is 0.303 e. The second kappa shape index (κ2) is 5.80. The predicted molar refractivity (Wildman–Crippen MR) is 75.0 cm³/mol. The first-order valence-electron chi connectivity index (χ1n) is 6.46. The van der Waals surface area contributed by atoms with E-state index in [-0.39, 0.29) is 17.2 Å². The molecule has 0 bridgehead atoms. The van der Waals surface area contributed by atoms with Gasteiger partial charge < -0.3 is 10.0 Å². The molecular formula is C13H18N2O4S. The largest absolute Gasteiger partial charge is 0.481 e. The molecule has 0 radical (unpaired) electrons. The molecule has 3 N–H and O–H groups in total. The summed E-state index contributed by atoms with van der Waals surface area (Å²) in [5.41, 5.74) is 0.601. The van der Waals surface area contributed by atoms with Crippen molar-refractivity contribution < 1.29 is 18.3 Å². The van der Waals surface area contributed by atoms with Crippen LogP contribution in [0.5, 0.6) is 0 Å². The van der Waals surface area contributed by atoms with Gasteiger partial charge in [0.1, 0.15) is 4.90 Å². The lowest BCUT2D eigenvalue weighted by Crippen LogP contribution is -2.35. The standard InChI is InChI=1S/C13H18N2O4S/c14-20(18,19)12-4-2-1-3-11(12)15-7-5-10(6-8-15)9-13(16)17/h1-4,10H,5-9H2,(H,16,17)(H2,14,18,19). The number of hydrogen-bond donors (Lipinski definition) is 2. The molecule has 1 heterocycles. The lowest BCUT2D eigenvalue weighted by atomic mass is 9.93. The smallest absolute Gasteiger partial charge is 0.303 e. The summed E-state index contributed by atoms with van der Waals surface area (Å²) in [6.45, 7) is 1.29. The van der Waals surface area contributed by atoms with Gasteiger partial charge in [0.15, 0.2) is 0 Å². The molecule has 1 aliphatic rings. The van der Waals surface area contributed by atoms with Crippen LogP contribution in [0.2, 0.25) is 0 Å². The van der Waals surface area contributed by atoms with Gasteiger partial charge in [-0.2, -0.15) is 0 Å². The number of primary sulfonamides is 1. The van der Waals surface area contributed by atoms with Gasteiger partial charge in [-0.3, -0.25) is 4.79 Å². The van der Waals surface area contributed by atoms with Gasteiger partial charge in [-0.25, -0.2) is 13.6 Å². The number of aliphatic carboxylic acids is 1. The van der Waals surface area contributed by atoms with Crippen molar-refractivity contribution in [1.29, 1.82) is 0 Å². The van der Waals surface area contributed by atoms with Crippen LogP contribution in [-0.4, -0.2) is 32.6 Å². The van der Waals surface area contributed by atoms with Crippen LogP contribution in [0.15, 0.2) is 29.2 Å². The molecule has 110 valence electrons. The molecule has 0 atom stereocenters. The summed E-state index contributed by atoms with van der Waals surface area (Å²) in [5.74, 6) is -0.626. The normalized spacial score (nSPS) is 17.1. The lowest BCUT2D eigenvalue weighted by molar-refractivity contribution is -0.138. The van der Waals surface area contributed by atoms with Crippen molar-refractivity contribution in [1.82, 2.24) is 0 Å². The lowest BCUT2D eigenvalue weighted by Gasteiger charge is -2.33. The molecule has 2 rings (SSSR count). The third-order valence-corrected chi connectivity index (χ3v) is 4.55. The van der Waals surface area contributed by atoms with Gasteiger partial charge in [-0.05, 0) is 30.9 Å². The Labute approximate surface area is 118 Å². The average Bonchev–Trinajstić information content (AvgIpc) is 2.38. The molecule has 20 heavy (non-hydrogen) atoms. The highest BCUT2D eigenvalue weighted by molar-refractivity contribution is 7.89. The summed E-state index contributed by atoms with van der Waals surface area (Å²) >= 11 is 0. The number of anilines is 1. The number of rotatable bonds is 4. The highest BCUT2D eigenvalue weighted by Gasteiger charge is 2.24. The van der Waals surface area contributed by atoms with Gasteiger partial charge in [0, 0.05) is 19.5 Å². The topological polar surface area (TPSA) is 101 Å². The minimum atomic E-state index is -3.75. The first-order valence-corrected chi connectivity index (χ1v) is 8.01. The Morgan fingerprint density at radius 3 is 2.45 bits per heavy atom. The van der Waals surface area contributed by atoms with Crippen molar-refractivity contribution in [2.24, 2.45) is 11.1 Å². The van der Waals surface area contributed by atoms with Crippen molar-refractivity contribution in [3.8, 4) is 0 Å². The van der Waals surface area contributed by atoms with E-state index in [1.807, 2.05) is 4.90 Å². The second-order valence-corrected chi connectivity index (χ2v) is 6.57. The average molecular weight is 298 g/mol. The molecule has 0 aliphatic carbocycles. The summed E-state index contributed by atoms with van der Waals surface area (Å²) in [6.07, 6.45) is 1.65. The summed E-state index contributed by atoms with van der Waals surface area (Å²) in [6, 6.07) is 6.64. The van der Waals surface area contributed by atoms with Gasteiger partial charge in [0.25, 0.3) is 0 Å². The Kier molecular flexibility index (Phi) is 4.29. The Hall–Kier alpha value is -1.60. The first kappa shape index (κ1) is 14.8. The van der Waals surface area contributed by atoms with Gasteiger partial charge in [0.2, 0.25) is 10.0 Å². The van der Waals surface area contributed by atoms with Crippen LogP contribution in [0.25, 0.3) is 0 Å². The third kappa shape index (κ3) is 3.49. The van der Waals surface area contributed by atoms with E-state index in [0.717, 1.165) is 12.8 Å². The van der Waals surface area contributed by atoms with E-state index < -0.39 is 16.0 Å². The van der Waals surface area contributed by atoms with E-state index in [4.69, 9.17) is 10.2 Å². The van der Waals surface area contributed by atoms with Crippen LogP contribution in [0, 0.1) is 5.92 Å². The Bertz CT molecular complexity index is 592. The van der Waals surface area contributed by atoms with Gasteiger partial charge in [-0.1, -0.05) is 12.1 Å². The Balaban J connectivity index is 2.14. The molecule has 1 aromatic rings. The minimum Gasteiger partial charge on any atom is -0.481 e. The highest BCUT2D eigenvalue weighted by atomic mass is 32.2. The fourth-order valence-corrected chi connectivity index (χ4v) is 3.34. The van der Waals surface area contributed by atoms with E-state index in [2.05, 4.69) is 0 Å². The molecule has 6 nitrogen and oxygen atoms in total. The minimum absolute atomic E-state index is 0.122. The molecule has 0 spiro atoms. The van der Waals surface area contributed by atoms with Gasteiger partial charge >= 0.3 is 5.97 Å². The summed E-state index contributed by atoms with van der Waals surface area (Å²) < 4.78 is 23.2. The number of piperidine rings is 1. The Morgan fingerprint density at radius 2 is 1.90 bits per heavy atom. The maximum atomic E-state index is 11.6. The van der Waals surface area contributed by atoms with Gasteiger partial charge in [0.05, 0.1) is 5.69 Å². The second-order valence-electron chi connectivity index (χ2n) is 5.04. The fourth-order valence-electron chi connectivity index (χ4n) is 2.58. The highest BCUT2D eigenvalue weighted by Crippen LogP contribution is 2.29. The Morgan fingerprint density at radius 1 is 1.30 bits per heavy atom. The quantitative estimate of drug-likeness (QED) is 0.864. The van der Waals surface area contributed by atoms with Crippen LogP contribution < -0.4 is 10.0 Å². The van der Waals surface area contributed by atoms with Crippen LogP contribution in [-0.2, 0) is 14.8 Å². The number of sulfonamides is 1. The van der Waals surface area contributed by atoms with E-state index in [0.29, 0.717) is 18.8 Å². The zero-order valence-electron chi connectivity index (χ0n) is 11.0. The fraction of sp³-hybridized carbons (Fsp3) is 0.462. The number of carboxylic acids is 1. The first-order chi connectivity index (χ1) is 9.38. The molecule has 1 fully saturated rings. The summed E-state index contributed by atoms with van der Waals surface area (Å²) in [4.78, 5) is 12.8. The van der Waals surface area contributed by atoms with Crippen LogP contribution in [0.3, 0.4) is 0 Å². The number of benzene rings is 1. The van der Waals surface area contributed by atoms with Crippen molar-refractivity contribution in [3.05, 3.63) is 24.3 Å². The molecule has 0 amide bonds. The van der Waals surface area contributed by atoms with E-state index >= 15 is 0 Å². The zero-order valence-corrected chi connectivity index (χ0v) is 11.8. The molecule has 0 aromatic heterocycles. The van der Waals surface area contributed by atoms with Crippen LogP contribution in [0.4, 0.5) is 5.69 Å². The van der Waals surface area contributed by atoms with Crippen molar-refractivity contribution in [2.75, 3.05) is 18.0 Å². The third-order valence-electron chi connectivity index (χ3n) is 3.59. The summed E-state index contributed by atoms with van der Waals surface area (Å²) in [5, 5.41) is 14.0. The summed E-state index contributed by atoms with van der Waals surface area (Å²) in [7, 11) is -3.75. The van der Waals surface area contributed by atoms with E-state index in [1.165, 1.54) is 6.07 Å². The SMILES string of the molecule is NS(=O)(=O)c1ccccc1N1CCC(CC(=O)O)CC1. The number of hydrogen-bond acceptors (Lipinski definition) is 4. The molecule has 0 unspecified atom stereocenters. The van der Waals surface area contributed by atoms with Crippen molar-refractivity contribution in [3.63, 3.8) is 0 Å². The number of carbonyl (C=O) groups is 1. The predicted octanol–water partition coefficient (Wildman–Crippen LogP) is 1.03. The van der Waals surface area contributed by atoms with Crippen molar-refractivity contribution in [2.45, 2.75) is 24.2 Å². The molecular weight excluding hydrogens is 280 g/mol. The zero-order chi connectivity index (χ0) is 14.8. The molecule has 1 aliphatic heterocycles. The molecule has 1 saturated heterocycles. The van der Waals surface area contributed by atoms with Gasteiger partial charge in [-0.15, -0.1) is 0 Å². The monoisotopic (exact) mass is 298 g/mol. The number of nitrogens with zero attached hydrogens (tertiary/aromatic N) is 1.